The van der Waals surface area contributed by atoms with Crippen LogP contribution in [0.25, 0.3) is 0 Å². The minimum Gasteiger partial charge on any atom is -0.479 e. The third kappa shape index (κ3) is 5.37. The molecule has 16 heteroatoms. The van der Waals surface area contributed by atoms with Crippen molar-refractivity contribution in [1.29, 1.82) is 0 Å². The Morgan fingerprint density at radius 2 is 1.65 bits per heavy atom. The van der Waals surface area contributed by atoms with Gasteiger partial charge in [-0.1, -0.05) is 12.1 Å². The Bertz CT molecular complexity index is 1740. The maximum Gasteiger partial charge on any atom is 0.308 e. The maximum absolute atomic E-state index is 12.6. The maximum atomic E-state index is 12.6. The molecule has 49 heavy (non-hydrogen) atoms. The van der Waals surface area contributed by atoms with Gasteiger partial charge >= 0.3 is 23.9 Å². The van der Waals surface area contributed by atoms with Crippen LogP contribution in [0.5, 0.6) is 11.5 Å². The van der Waals surface area contributed by atoms with E-state index in [1.165, 1.54) is 19.9 Å². The van der Waals surface area contributed by atoms with E-state index in [1.54, 1.807) is 6.07 Å². The van der Waals surface area contributed by atoms with Crippen LogP contribution in [0.2, 0.25) is 0 Å². The lowest BCUT2D eigenvalue weighted by molar-refractivity contribution is -0.370. The molecule has 1 aromatic heterocycles. The van der Waals surface area contributed by atoms with E-state index in [-0.39, 0.29) is 29.5 Å². The number of esters is 4. The van der Waals surface area contributed by atoms with Crippen molar-refractivity contribution >= 4 is 23.9 Å². The fraction of sp³-hybridized carbons (Fsp3) is 0.576. The number of rotatable bonds is 7. The van der Waals surface area contributed by atoms with Crippen molar-refractivity contribution < 1.29 is 61.9 Å². The van der Waals surface area contributed by atoms with Crippen molar-refractivity contribution in [1.82, 2.24) is 15.1 Å². The van der Waals surface area contributed by atoms with Gasteiger partial charge in [0, 0.05) is 52.1 Å². The summed E-state index contributed by atoms with van der Waals surface area (Å²) in [5.41, 5.74) is 1.02. The molecule has 0 radical (unpaired) electrons. The third-order valence-electron chi connectivity index (χ3n) is 9.92. The van der Waals surface area contributed by atoms with Gasteiger partial charge in [0.05, 0.1) is 5.41 Å². The molecule has 10 atom stereocenters. The zero-order valence-corrected chi connectivity index (χ0v) is 27.7. The summed E-state index contributed by atoms with van der Waals surface area (Å²) in [5.74, 6) is -4.71. The summed E-state index contributed by atoms with van der Waals surface area (Å²) in [5, 5.41) is 20.5. The molecule has 2 bridgehead atoms. The number of likely N-dealkylation sites (N-methyl/N-ethyl adjacent to an activating group) is 1. The Labute approximate surface area is 280 Å². The molecule has 2 fully saturated rings. The molecule has 0 saturated carbocycles. The van der Waals surface area contributed by atoms with Gasteiger partial charge in [-0.15, -0.1) is 10.2 Å². The first-order valence-corrected chi connectivity index (χ1v) is 16.0. The SMILES string of the molecule is CC(=O)Oc1ccc2c3c1O[C@@H]1[C@]34CCN(C)[C@H](C2)[C@@H]4C=C[C@]1(O)OC1OC(c2nnc(C)o2)[C@@H](OC(C)=O)[C@H](OC(C)=O)[C@H]1OC(C)=O. The topological polar surface area (TPSA) is 195 Å². The van der Waals surface area contributed by atoms with E-state index in [1.807, 2.05) is 12.1 Å². The fourth-order valence-corrected chi connectivity index (χ4v) is 8.27. The quantitative estimate of drug-likeness (QED) is 0.144. The van der Waals surface area contributed by atoms with E-state index in [0.717, 1.165) is 31.9 Å². The number of hydrogen-bond donors (Lipinski definition) is 1. The summed E-state index contributed by atoms with van der Waals surface area (Å²) in [6.45, 7) is 6.91. The molecule has 5 aliphatic rings. The second kappa shape index (κ2) is 11.9. The summed E-state index contributed by atoms with van der Waals surface area (Å²) in [4.78, 5) is 51.6. The Morgan fingerprint density at radius 1 is 0.959 bits per heavy atom. The molecule has 1 aromatic carbocycles. The van der Waals surface area contributed by atoms with Gasteiger partial charge in [0.25, 0.3) is 0 Å². The standard InChI is InChI=1S/C33H37N3O13/c1-14-34-35-29(42-14)27-25(44-16(3)38)26(45-17(4)39)28(46-18(5)40)30(47-27)49-33(41)10-9-20-21-13-19-7-8-22(43-15(2)37)24-23(19)32(20,31(33)48-24)11-12-36(21)6/h7-10,20-21,25-28,30-31,41H,11-13H2,1-6H3/t20-,21+,25-,26-,27?,28+,30?,31+,32-,33-/m0/s1. The highest BCUT2D eigenvalue weighted by Crippen LogP contribution is 2.64. The number of carbonyl (C=O) groups excluding carboxylic acids is 4. The van der Waals surface area contributed by atoms with E-state index in [0.29, 0.717) is 25.1 Å². The molecule has 2 unspecified atom stereocenters. The van der Waals surface area contributed by atoms with Gasteiger partial charge < -0.3 is 47.6 Å². The zero-order valence-electron chi connectivity index (χ0n) is 27.7. The van der Waals surface area contributed by atoms with Crippen LogP contribution in [0.4, 0.5) is 0 Å². The minimum absolute atomic E-state index is 0.0707. The van der Waals surface area contributed by atoms with Crippen molar-refractivity contribution in [3.05, 3.63) is 47.2 Å². The molecule has 1 N–H and O–H groups in total. The van der Waals surface area contributed by atoms with Crippen LogP contribution in [0, 0.1) is 12.8 Å². The van der Waals surface area contributed by atoms with Crippen molar-refractivity contribution in [2.75, 3.05) is 13.6 Å². The first-order valence-electron chi connectivity index (χ1n) is 16.0. The van der Waals surface area contributed by atoms with Gasteiger partial charge in [-0.25, -0.2) is 0 Å². The molecule has 0 amide bonds. The number of aromatic nitrogens is 2. The molecule has 2 aliphatic carbocycles. The molecule has 3 aliphatic heterocycles. The zero-order chi connectivity index (χ0) is 35.0. The number of likely N-dealkylation sites (tertiary alicyclic amines) is 1. The molecule has 1 spiro atoms. The smallest absolute Gasteiger partial charge is 0.308 e. The number of piperidine rings is 1. The predicted octanol–water partition coefficient (Wildman–Crippen LogP) is 1.35. The van der Waals surface area contributed by atoms with Crippen LogP contribution in [0.15, 0.2) is 28.7 Å². The van der Waals surface area contributed by atoms with Crippen LogP contribution in [0.3, 0.4) is 0 Å². The first-order chi connectivity index (χ1) is 23.2. The van der Waals surface area contributed by atoms with Gasteiger partial charge in [0.15, 0.2) is 42.0 Å². The van der Waals surface area contributed by atoms with E-state index < -0.39 is 71.9 Å². The van der Waals surface area contributed by atoms with Crippen molar-refractivity contribution in [2.24, 2.45) is 5.92 Å². The largest absolute Gasteiger partial charge is 0.479 e. The highest BCUT2D eigenvalue weighted by Gasteiger charge is 2.70. The number of aryl methyl sites for hydroxylation is 1. The molecular weight excluding hydrogens is 646 g/mol. The van der Waals surface area contributed by atoms with E-state index in [9.17, 15) is 24.3 Å². The number of ether oxygens (including phenoxy) is 7. The Hall–Kier alpha value is -4.38. The van der Waals surface area contributed by atoms with Crippen LogP contribution in [-0.4, -0.2) is 100 Å². The molecule has 4 heterocycles. The summed E-state index contributed by atoms with van der Waals surface area (Å²) >= 11 is 0. The van der Waals surface area contributed by atoms with Gasteiger partial charge in [0.1, 0.15) is 0 Å². The van der Waals surface area contributed by atoms with Gasteiger partial charge in [0.2, 0.25) is 23.9 Å². The van der Waals surface area contributed by atoms with Crippen molar-refractivity contribution in [3.63, 3.8) is 0 Å². The molecule has 262 valence electrons. The molecule has 2 aromatic rings. The molecule has 16 nitrogen and oxygen atoms in total. The molecule has 7 rings (SSSR count). The summed E-state index contributed by atoms with van der Waals surface area (Å²) in [6.07, 6.45) is -4.02. The Morgan fingerprint density at radius 3 is 2.31 bits per heavy atom. The second-order valence-electron chi connectivity index (χ2n) is 13.1. The van der Waals surface area contributed by atoms with Crippen LogP contribution < -0.4 is 9.47 Å². The Kier molecular flexibility index (Phi) is 8.04. The fourth-order valence-electron chi connectivity index (χ4n) is 8.27. The van der Waals surface area contributed by atoms with Gasteiger partial charge in [-0.2, -0.15) is 0 Å². The van der Waals surface area contributed by atoms with E-state index in [4.69, 9.17) is 37.6 Å². The molecular formula is C33H37N3O13. The number of aliphatic hydroxyl groups is 1. The van der Waals surface area contributed by atoms with Crippen LogP contribution in [-0.2, 0) is 54.7 Å². The number of hydrogen-bond acceptors (Lipinski definition) is 16. The summed E-state index contributed by atoms with van der Waals surface area (Å²) < 4.78 is 47.3. The van der Waals surface area contributed by atoms with Gasteiger partial charge in [-0.05, 0) is 44.1 Å². The highest BCUT2D eigenvalue weighted by molar-refractivity contribution is 5.73. The molecule has 2 saturated heterocycles. The lowest BCUT2D eigenvalue weighted by atomic mass is 9.52. The van der Waals surface area contributed by atoms with Crippen LogP contribution in [0.1, 0.15) is 63.1 Å². The van der Waals surface area contributed by atoms with Gasteiger partial charge in [-0.3, -0.25) is 19.2 Å². The summed E-state index contributed by atoms with van der Waals surface area (Å²) in [7, 11) is 2.06. The second-order valence-corrected chi connectivity index (χ2v) is 13.1. The normalized spacial score (nSPS) is 35.5. The van der Waals surface area contributed by atoms with Crippen molar-refractivity contribution in [3.8, 4) is 11.5 Å². The number of carbonyl (C=O) groups is 4. The number of benzene rings is 1. The number of nitrogens with zero attached hydrogens (tertiary/aromatic N) is 3. The average Bonchev–Trinajstić information content (AvgIpc) is 3.61. The first kappa shape index (κ1) is 33.1. The summed E-state index contributed by atoms with van der Waals surface area (Å²) in [6, 6.07) is 3.67. The third-order valence-corrected chi connectivity index (χ3v) is 9.92. The highest BCUT2D eigenvalue weighted by atomic mass is 16.8. The van der Waals surface area contributed by atoms with E-state index >= 15 is 0 Å². The minimum atomic E-state index is -2.26. The predicted molar refractivity (Wildman–Crippen MR) is 161 cm³/mol. The monoisotopic (exact) mass is 683 g/mol. The van der Waals surface area contributed by atoms with Crippen molar-refractivity contribution in [2.45, 2.75) is 102 Å². The lowest BCUT2D eigenvalue weighted by Gasteiger charge is -2.58. The lowest BCUT2D eigenvalue weighted by Crippen LogP contribution is -2.70. The Balaban J connectivity index is 1.34. The average molecular weight is 684 g/mol. The van der Waals surface area contributed by atoms with E-state index in [2.05, 4.69) is 22.1 Å². The van der Waals surface area contributed by atoms with Crippen LogP contribution >= 0.6 is 0 Å².